The van der Waals surface area contributed by atoms with Crippen LogP contribution in [0.5, 0.6) is 0 Å². The fraction of sp³-hybridized carbons (Fsp3) is 0.188. The Labute approximate surface area is 126 Å². The Kier molecular flexibility index (Phi) is 3.50. The number of benzene rings is 1. The van der Waals surface area contributed by atoms with Crippen molar-refractivity contribution in [2.24, 2.45) is 0 Å². The summed E-state index contributed by atoms with van der Waals surface area (Å²) in [7, 11) is 0. The van der Waals surface area contributed by atoms with Gasteiger partial charge >= 0.3 is 0 Å². The summed E-state index contributed by atoms with van der Waals surface area (Å²) in [6, 6.07) is 10.9. The van der Waals surface area contributed by atoms with Crippen molar-refractivity contribution >= 4 is 22.6 Å². The summed E-state index contributed by atoms with van der Waals surface area (Å²) >= 11 is 0. The van der Waals surface area contributed by atoms with Gasteiger partial charge in [0.15, 0.2) is 0 Å². The Balaban J connectivity index is 1.90. The maximum Gasteiger partial charge on any atom is 0.263 e. The van der Waals surface area contributed by atoms with Gasteiger partial charge in [-0.25, -0.2) is 4.98 Å². The molecule has 1 aromatic carbocycles. The highest BCUT2D eigenvalue weighted by Crippen LogP contribution is 2.10. The van der Waals surface area contributed by atoms with Crippen LogP contribution in [0.4, 0.5) is 5.69 Å². The first-order valence-corrected chi connectivity index (χ1v) is 6.96. The zero-order valence-corrected chi connectivity index (χ0v) is 12.4. The van der Waals surface area contributed by atoms with E-state index in [2.05, 4.69) is 15.3 Å². The molecule has 2 N–H and O–H groups in total. The molecule has 0 aliphatic rings. The molecule has 0 saturated carbocycles. The van der Waals surface area contributed by atoms with Crippen molar-refractivity contribution in [2.75, 3.05) is 5.32 Å². The zero-order chi connectivity index (χ0) is 15.7. The van der Waals surface area contributed by atoms with Crippen molar-refractivity contribution in [1.82, 2.24) is 14.5 Å². The van der Waals surface area contributed by atoms with E-state index in [1.807, 2.05) is 25.1 Å². The molecular formula is C16H16N4O2. The van der Waals surface area contributed by atoms with Gasteiger partial charge in [0.05, 0.1) is 5.39 Å². The SMILES string of the molecule is Cc1cc2c(=O)n(CC(=O)Nc3ccccc3)c(C)nc2[nH]1. The average molecular weight is 296 g/mol. The normalized spacial score (nSPS) is 10.8. The van der Waals surface area contributed by atoms with Gasteiger partial charge in [0.25, 0.3) is 5.56 Å². The molecule has 3 rings (SSSR count). The first kappa shape index (κ1) is 14.1. The highest BCUT2D eigenvalue weighted by molar-refractivity contribution is 5.90. The smallest absolute Gasteiger partial charge is 0.263 e. The molecule has 0 radical (unpaired) electrons. The van der Waals surface area contributed by atoms with Crippen LogP contribution in [0.25, 0.3) is 11.0 Å². The van der Waals surface area contributed by atoms with E-state index in [0.29, 0.717) is 22.5 Å². The van der Waals surface area contributed by atoms with Gasteiger partial charge in [0, 0.05) is 11.4 Å². The largest absolute Gasteiger partial charge is 0.343 e. The molecule has 2 heterocycles. The fourth-order valence-corrected chi connectivity index (χ4v) is 2.39. The van der Waals surface area contributed by atoms with E-state index >= 15 is 0 Å². The summed E-state index contributed by atoms with van der Waals surface area (Å²) in [6.07, 6.45) is 0. The zero-order valence-electron chi connectivity index (χ0n) is 12.4. The van der Waals surface area contributed by atoms with Crippen molar-refractivity contribution in [3.05, 3.63) is 58.3 Å². The van der Waals surface area contributed by atoms with E-state index in [9.17, 15) is 9.59 Å². The lowest BCUT2D eigenvalue weighted by Gasteiger charge is -2.10. The molecule has 22 heavy (non-hydrogen) atoms. The van der Waals surface area contributed by atoms with Crippen molar-refractivity contribution in [1.29, 1.82) is 0 Å². The monoisotopic (exact) mass is 296 g/mol. The molecule has 0 saturated heterocycles. The predicted molar refractivity (Wildman–Crippen MR) is 84.9 cm³/mol. The van der Waals surface area contributed by atoms with Crippen LogP contribution in [0.2, 0.25) is 0 Å². The minimum Gasteiger partial charge on any atom is -0.343 e. The maximum atomic E-state index is 12.5. The number of nitrogens with zero attached hydrogens (tertiary/aromatic N) is 2. The molecule has 0 unspecified atom stereocenters. The second-order valence-corrected chi connectivity index (χ2v) is 5.18. The van der Waals surface area contributed by atoms with E-state index in [0.717, 1.165) is 5.69 Å². The van der Waals surface area contributed by atoms with E-state index in [1.54, 1.807) is 25.1 Å². The van der Waals surface area contributed by atoms with Crippen LogP contribution in [0.3, 0.4) is 0 Å². The van der Waals surface area contributed by atoms with Gasteiger partial charge in [-0.15, -0.1) is 0 Å². The summed E-state index contributed by atoms with van der Waals surface area (Å²) < 4.78 is 1.38. The summed E-state index contributed by atoms with van der Waals surface area (Å²) in [6.45, 7) is 3.52. The van der Waals surface area contributed by atoms with Crippen LogP contribution in [0, 0.1) is 13.8 Å². The highest BCUT2D eigenvalue weighted by atomic mass is 16.2. The van der Waals surface area contributed by atoms with Crippen LogP contribution < -0.4 is 10.9 Å². The quantitative estimate of drug-likeness (QED) is 0.775. The van der Waals surface area contributed by atoms with Crippen molar-refractivity contribution in [3.8, 4) is 0 Å². The minimum atomic E-state index is -0.259. The number of aryl methyl sites for hydroxylation is 2. The molecule has 0 aliphatic carbocycles. The molecule has 3 aromatic rings. The van der Waals surface area contributed by atoms with Gasteiger partial charge in [0.2, 0.25) is 5.91 Å². The molecule has 0 bridgehead atoms. The van der Waals surface area contributed by atoms with E-state index in [-0.39, 0.29) is 18.0 Å². The Morgan fingerprint density at radius 1 is 1.27 bits per heavy atom. The molecule has 6 nitrogen and oxygen atoms in total. The standard InChI is InChI=1S/C16H16N4O2/c1-10-8-13-15(17-10)18-11(2)20(16(13)22)9-14(21)19-12-6-4-3-5-7-12/h3-8,17H,9H2,1-2H3,(H,19,21). The van der Waals surface area contributed by atoms with E-state index in [1.165, 1.54) is 4.57 Å². The Morgan fingerprint density at radius 2 is 2.00 bits per heavy atom. The molecular weight excluding hydrogens is 280 g/mol. The number of fused-ring (bicyclic) bond motifs is 1. The lowest BCUT2D eigenvalue weighted by atomic mass is 10.3. The highest BCUT2D eigenvalue weighted by Gasteiger charge is 2.13. The molecule has 0 spiro atoms. The lowest BCUT2D eigenvalue weighted by Crippen LogP contribution is -2.30. The number of rotatable bonds is 3. The lowest BCUT2D eigenvalue weighted by molar-refractivity contribution is -0.116. The number of H-pyrrole nitrogens is 1. The second-order valence-electron chi connectivity index (χ2n) is 5.18. The summed E-state index contributed by atoms with van der Waals surface area (Å²) in [5, 5.41) is 3.26. The third-order valence-corrected chi connectivity index (χ3v) is 3.43. The Morgan fingerprint density at radius 3 is 2.73 bits per heavy atom. The molecule has 6 heteroatoms. The number of hydrogen-bond donors (Lipinski definition) is 2. The third kappa shape index (κ3) is 2.63. The number of aromatic amines is 1. The number of hydrogen-bond acceptors (Lipinski definition) is 3. The maximum absolute atomic E-state index is 12.5. The van der Waals surface area contributed by atoms with Gasteiger partial charge < -0.3 is 10.3 Å². The van der Waals surface area contributed by atoms with Gasteiger partial charge in [-0.1, -0.05) is 18.2 Å². The molecule has 2 aromatic heterocycles. The number of aromatic nitrogens is 3. The fourth-order valence-electron chi connectivity index (χ4n) is 2.39. The Hall–Kier alpha value is -2.89. The third-order valence-electron chi connectivity index (χ3n) is 3.43. The number of amides is 1. The van der Waals surface area contributed by atoms with Crippen LogP contribution in [0.1, 0.15) is 11.5 Å². The minimum absolute atomic E-state index is 0.0628. The topological polar surface area (TPSA) is 79.8 Å². The summed E-state index contributed by atoms with van der Waals surface area (Å²) in [4.78, 5) is 32.0. The number of para-hydroxylation sites is 1. The summed E-state index contributed by atoms with van der Waals surface area (Å²) in [5.74, 6) is 0.243. The van der Waals surface area contributed by atoms with Crippen molar-refractivity contribution < 1.29 is 4.79 Å². The molecule has 112 valence electrons. The molecule has 0 atom stereocenters. The number of nitrogens with one attached hydrogen (secondary N) is 2. The Bertz CT molecular complexity index is 894. The first-order chi connectivity index (χ1) is 10.5. The van der Waals surface area contributed by atoms with Gasteiger partial charge in [0.1, 0.15) is 18.0 Å². The van der Waals surface area contributed by atoms with Crippen LogP contribution in [-0.4, -0.2) is 20.4 Å². The van der Waals surface area contributed by atoms with E-state index < -0.39 is 0 Å². The van der Waals surface area contributed by atoms with E-state index in [4.69, 9.17) is 0 Å². The number of anilines is 1. The number of carbonyl (C=O) groups is 1. The molecule has 0 aliphatic heterocycles. The second kappa shape index (κ2) is 5.48. The molecule has 1 amide bonds. The van der Waals surface area contributed by atoms with Gasteiger partial charge in [-0.05, 0) is 32.0 Å². The van der Waals surface area contributed by atoms with Crippen LogP contribution in [0.15, 0.2) is 41.2 Å². The molecule has 0 fully saturated rings. The number of carbonyl (C=O) groups excluding carboxylic acids is 1. The van der Waals surface area contributed by atoms with Gasteiger partial charge in [-0.3, -0.25) is 14.2 Å². The predicted octanol–water partition coefficient (Wildman–Crippen LogP) is 1.98. The average Bonchev–Trinajstić information content (AvgIpc) is 2.85. The van der Waals surface area contributed by atoms with Gasteiger partial charge in [-0.2, -0.15) is 0 Å². The van der Waals surface area contributed by atoms with Crippen molar-refractivity contribution in [3.63, 3.8) is 0 Å². The van der Waals surface area contributed by atoms with Crippen LogP contribution >= 0.6 is 0 Å². The van der Waals surface area contributed by atoms with Crippen molar-refractivity contribution in [2.45, 2.75) is 20.4 Å². The summed E-state index contributed by atoms with van der Waals surface area (Å²) in [5.41, 5.74) is 1.91. The first-order valence-electron chi connectivity index (χ1n) is 6.96. The van der Waals surface area contributed by atoms with Crippen LogP contribution in [-0.2, 0) is 11.3 Å².